The number of hydrogen-bond acceptors (Lipinski definition) is 4. The van der Waals surface area contributed by atoms with E-state index in [4.69, 9.17) is 8.85 Å². The van der Waals surface area contributed by atoms with Crippen molar-refractivity contribution in [2.75, 3.05) is 9.80 Å². The minimum atomic E-state index is -1.96. The van der Waals surface area contributed by atoms with Gasteiger partial charge in [-0.2, -0.15) is 6.42 Å². The van der Waals surface area contributed by atoms with E-state index in [-0.39, 0.29) is 18.9 Å². The van der Waals surface area contributed by atoms with Crippen molar-refractivity contribution >= 4 is 84.5 Å². The monoisotopic (exact) mass is 1290 g/mol. The molecule has 0 aromatic heterocycles. The summed E-state index contributed by atoms with van der Waals surface area (Å²) in [5, 5.41) is 5.00. The summed E-state index contributed by atoms with van der Waals surface area (Å²) < 4.78 is 13.5. The Morgan fingerprint density at radius 3 is 1.00 bits per heavy atom. The Morgan fingerprint density at radius 1 is 0.368 bits per heavy atom. The van der Waals surface area contributed by atoms with Gasteiger partial charge in [-0.3, -0.25) is 0 Å². The van der Waals surface area contributed by atoms with Crippen LogP contribution < -0.4 is 37.5 Å². The van der Waals surface area contributed by atoms with Gasteiger partial charge in [-0.25, -0.2) is 0 Å². The van der Waals surface area contributed by atoms with E-state index >= 15 is 0 Å². The van der Waals surface area contributed by atoms with E-state index in [1.807, 2.05) is 18.2 Å². The summed E-state index contributed by atoms with van der Waals surface area (Å²) in [6, 6.07) is 86.6. The molecule has 7 heteroatoms. The summed E-state index contributed by atoms with van der Waals surface area (Å²) >= 11 is 0. The summed E-state index contributed by atoms with van der Waals surface area (Å²) in [6.45, 7) is 46.0. The molecule has 0 saturated heterocycles. The first kappa shape index (κ1) is 76.4. The van der Waals surface area contributed by atoms with Gasteiger partial charge in [0.25, 0.3) is 16.6 Å². The van der Waals surface area contributed by atoms with E-state index in [9.17, 15) is 0 Å². The van der Waals surface area contributed by atoms with Gasteiger partial charge >= 0.3 is 18.9 Å². The first-order chi connectivity index (χ1) is 45.2. The van der Waals surface area contributed by atoms with Crippen molar-refractivity contribution < 1.29 is 27.7 Å². The molecule has 0 aliphatic heterocycles. The van der Waals surface area contributed by atoms with Gasteiger partial charge in [0, 0.05) is 34.1 Å². The molecule has 0 saturated carbocycles. The minimum absolute atomic E-state index is 0. The van der Waals surface area contributed by atoms with Crippen LogP contribution in [0.3, 0.4) is 0 Å². The second kappa shape index (κ2) is 37.1. The molecule has 0 spiro atoms. The van der Waals surface area contributed by atoms with Gasteiger partial charge in [0.15, 0.2) is 0 Å². The normalized spacial score (nSPS) is 12.0. The Labute approximate surface area is 589 Å². The first-order valence-electron chi connectivity index (χ1n) is 34.7. The molecule has 0 aliphatic rings. The SMILES string of the molecule is C=Cc1ccc(N(c2ccccc2)c2ccc3ccccc3c2)cc1.C=Cc1ccc(O[Si](C(C)C)(C(C)C)C(C)C)cc1.CCC(CC(C)c1ccc(O[Si](C(C)C)(C(C)C)C(C)C)cc1)c1ccc(N(c2ccccc2)c2ccc3ccccc3c2)cc1.[CH2-]CCC.[Li+]. The van der Waals surface area contributed by atoms with Crippen molar-refractivity contribution in [1.29, 1.82) is 0 Å². The zero-order valence-electron chi connectivity index (χ0n) is 60.5. The molecule has 10 aromatic carbocycles. The van der Waals surface area contributed by atoms with Crippen LogP contribution in [0, 0.1) is 6.92 Å². The van der Waals surface area contributed by atoms with E-state index in [0.29, 0.717) is 45.1 Å². The smallest absolute Gasteiger partial charge is 0.543 e. The van der Waals surface area contributed by atoms with Crippen molar-refractivity contribution in [2.24, 2.45) is 0 Å². The number of fused-ring (bicyclic) bond motifs is 2. The molecular formula is C88H109LiN2O2Si2. The molecule has 2 unspecified atom stereocenters. The molecule has 10 aromatic rings. The number of unbranched alkanes of at least 4 members (excludes halogenated alkanes) is 1. The minimum Gasteiger partial charge on any atom is -0.543 e. The molecule has 0 N–H and O–H groups in total. The van der Waals surface area contributed by atoms with E-state index in [0.717, 1.165) is 64.6 Å². The largest absolute Gasteiger partial charge is 1.00 e. The van der Waals surface area contributed by atoms with Gasteiger partial charge in [-0.15, -0.1) is 0 Å². The van der Waals surface area contributed by atoms with Crippen molar-refractivity contribution in [2.45, 2.75) is 175 Å². The molecule has 0 fully saturated rings. The third-order valence-corrected chi connectivity index (χ3v) is 31.1. The maximum atomic E-state index is 6.94. The summed E-state index contributed by atoms with van der Waals surface area (Å²) in [7, 11) is -3.78. The summed E-state index contributed by atoms with van der Waals surface area (Å²) in [5.74, 6) is 3.00. The predicted octanol–water partition coefficient (Wildman–Crippen LogP) is 25.0. The molecule has 0 bridgehead atoms. The van der Waals surface area contributed by atoms with Gasteiger partial charge < -0.3 is 25.6 Å². The molecule has 95 heavy (non-hydrogen) atoms. The first-order valence-corrected chi connectivity index (χ1v) is 39.0. The standard InChI is InChI=1S/C43H53NOSi.C24H19N.C17H28OSi.C4H9.Li/c1-9-35(29-34(8)36-22-27-43(28-23-36)45-46(31(2)3,32(4)5)33(6)7)38-19-24-41(25-20-38)44(40-17-11-10-12-18-40)42-26-21-37-15-13-14-16-39(37)30-42;1-2-19-12-15-23(16-13-19)25(22-10-4-3-5-11-22)24-17-14-20-8-6-7-9-21(20)18-24;1-8-16-9-11-17(12-10-16)18-19(13(2)3,14(4)5)15(6)7;1-3-4-2;/h10-28,30-35H,9,29H2,1-8H3;2-18H,1H2;8-15H,1H2,2-7H3;1,3-4H2,2H3;/q;;;-1;+1. The van der Waals surface area contributed by atoms with Crippen LogP contribution in [0.15, 0.2) is 256 Å². The molecule has 492 valence electrons. The van der Waals surface area contributed by atoms with Crippen molar-refractivity contribution in [3.05, 3.63) is 285 Å². The number of para-hydroxylation sites is 2. The Balaban J connectivity index is 0.000000243. The third kappa shape index (κ3) is 19.6. The van der Waals surface area contributed by atoms with Crippen molar-refractivity contribution in [3.8, 4) is 11.5 Å². The molecule has 0 amide bonds. The van der Waals surface area contributed by atoms with E-state index in [2.05, 4.69) is 370 Å². The van der Waals surface area contributed by atoms with E-state index in [1.54, 1.807) is 0 Å². The quantitative estimate of drug-likeness (QED) is 0.0445. The topological polar surface area (TPSA) is 24.9 Å². The summed E-state index contributed by atoms with van der Waals surface area (Å²) in [6.07, 6.45) is 8.24. The molecular weight excluding hydrogens is 1180 g/mol. The fraction of sp³-hybridized carbons (Fsp3) is 0.307. The number of benzene rings is 10. The molecule has 10 rings (SSSR count). The zero-order valence-corrected chi connectivity index (χ0v) is 62.5. The van der Waals surface area contributed by atoms with Crippen LogP contribution in [-0.4, -0.2) is 16.6 Å². The second-order valence-electron chi connectivity index (χ2n) is 27.1. The third-order valence-electron chi connectivity index (χ3n) is 19.1. The zero-order chi connectivity index (χ0) is 68.0. The van der Waals surface area contributed by atoms with Crippen LogP contribution in [0.5, 0.6) is 11.5 Å². The van der Waals surface area contributed by atoms with Crippen LogP contribution in [0.25, 0.3) is 33.7 Å². The number of rotatable bonds is 24. The fourth-order valence-electron chi connectivity index (χ4n) is 14.1. The maximum Gasteiger partial charge on any atom is 1.00 e. The molecule has 2 atom stereocenters. The van der Waals surface area contributed by atoms with Gasteiger partial charge in [0.2, 0.25) is 0 Å². The average Bonchev–Trinajstić information content (AvgIpc) is 0.828. The van der Waals surface area contributed by atoms with Crippen molar-refractivity contribution in [3.63, 3.8) is 0 Å². The summed E-state index contributed by atoms with van der Waals surface area (Å²) in [4.78, 5) is 4.64. The number of hydrogen-bond donors (Lipinski definition) is 0. The number of nitrogens with zero attached hydrogens (tertiary/aromatic N) is 2. The Morgan fingerprint density at radius 2 is 0.663 bits per heavy atom. The molecule has 0 aliphatic carbocycles. The van der Waals surface area contributed by atoms with Crippen molar-refractivity contribution in [1.82, 2.24) is 0 Å². The van der Waals surface area contributed by atoms with Crippen LogP contribution in [0.1, 0.15) is 164 Å². The molecule has 0 radical (unpaired) electrons. The summed E-state index contributed by atoms with van der Waals surface area (Å²) in [5.41, 5.74) is 15.5. The Hall–Kier alpha value is -7.57. The van der Waals surface area contributed by atoms with Gasteiger partial charge in [-0.05, 0) is 199 Å². The van der Waals surface area contributed by atoms with Gasteiger partial charge in [0.1, 0.15) is 11.5 Å². The van der Waals surface area contributed by atoms with Crippen LogP contribution in [-0.2, 0) is 0 Å². The van der Waals surface area contributed by atoms with Gasteiger partial charge in [0.05, 0.1) is 0 Å². The maximum absolute atomic E-state index is 6.94. The molecule has 0 heterocycles. The van der Waals surface area contributed by atoms with E-state index < -0.39 is 16.6 Å². The average molecular weight is 1290 g/mol. The predicted molar refractivity (Wildman–Crippen MR) is 420 cm³/mol. The van der Waals surface area contributed by atoms with Crippen LogP contribution in [0.4, 0.5) is 34.1 Å². The second-order valence-corrected chi connectivity index (χ2v) is 37.8. The van der Waals surface area contributed by atoms with Gasteiger partial charge in [-0.1, -0.05) is 281 Å². The Bertz CT molecular complexity index is 3820. The van der Waals surface area contributed by atoms with E-state index in [1.165, 1.54) is 50.5 Å². The van der Waals surface area contributed by atoms with Crippen LogP contribution >= 0.6 is 0 Å². The molecule has 4 nitrogen and oxygen atoms in total. The fourth-order valence-corrected chi connectivity index (χ4v) is 24.6. The van der Waals surface area contributed by atoms with Crippen LogP contribution in [0.2, 0.25) is 33.2 Å². The Kier molecular flexibility index (Phi) is 29.8. The number of anilines is 6.